The van der Waals surface area contributed by atoms with Crippen LogP contribution in [0.4, 0.5) is 5.69 Å². The van der Waals surface area contributed by atoms with Crippen molar-refractivity contribution >= 4 is 11.6 Å². The maximum absolute atomic E-state index is 12.6. The van der Waals surface area contributed by atoms with Crippen molar-refractivity contribution in [3.63, 3.8) is 0 Å². The Morgan fingerprint density at radius 3 is 2.79 bits per heavy atom. The number of rotatable bonds is 4. The minimum atomic E-state index is -0.152. The topological polar surface area (TPSA) is 72.7 Å². The van der Waals surface area contributed by atoms with Crippen LogP contribution in [-0.4, -0.2) is 26.1 Å². The highest BCUT2D eigenvalue weighted by Gasteiger charge is 2.12. The fraction of sp³-hybridized carbons (Fsp3) is 0.222. The molecule has 6 heteroatoms. The van der Waals surface area contributed by atoms with Gasteiger partial charge < -0.3 is 5.32 Å². The van der Waals surface area contributed by atoms with Gasteiger partial charge in [0.1, 0.15) is 0 Å². The normalized spacial score (nSPS) is 10.6. The maximum atomic E-state index is 12.6. The second kappa shape index (κ2) is 6.62. The minimum absolute atomic E-state index is 0.152. The van der Waals surface area contributed by atoms with E-state index in [1.165, 1.54) is 0 Å². The number of benzene rings is 2. The predicted octanol–water partition coefficient (Wildman–Crippen LogP) is 3.23. The van der Waals surface area contributed by atoms with Crippen LogP contribution < -0.4 is 5.32 Å². The molecule has 1 amide bonds. The Labute approximate surface area is 140 Å². The molecule has 3 rings (SSSR count). The molecule has 6 nitrogen and oxygen atoms in total. The third kappa shape index (κ3) is 3.17. The molecule has 0 aliphatic heterocycles. The SMILES string of the molecule is CCn1nnnc1-c1cccc(C(=O)Nc2cc(C)ccc2C)c1. The first-order valence-electron chi connectivity index (χ1n) is 7.83. The van der Waals surface area contributed by atoms with Gasteiger partial charge in [-0.3, -0.25) is 4.79 Å². The number of aryl methyl sites for hydroxylation is 3. The van der Waals surface area contributed by atoms with E-state index in [4.69, 9.17) is 0 Å². The van der Waals surface area contributed by atoms with Crippen LogP contribution in [-0.2, 0) is 6.54 Å². The first-order chi connectivity index (χ1) is 11.6. The third-order valence-electron chi connectivity index (χ3n) is 3.86. The number of carbonyl (C=O) groups excluding carboxylic acids is 1. The zero-order valence-corrected chi connectivity index (χ0v) is 13.9. The Morgan fingerprint density at radius 2 is 2.00 bits per heavy atom. The molecule has 0 fully saturated rings. The van der Waals surface area contributed by atoms with Gasteiger partial charge in [-0.15, -0.1) is 5.10 Å². The number of hydrogen-bond donors (Lipinski definition) is 1. The number of carbonyl (C=O) groups is 1. The Bertz CT molecular complexity index is 885. The van der Waals surface area contributed by atoms with Gasteiger partial charge in [-0.05, 0) is 60.5 Å². The highest BCUT2D eigenvalue weighted by atomic mass is 16.1. The van der Waals surface area contributed by atoms with Crippen LogP contribution in [0.3, 0.4) is 0 Å². The number of hydrogen-bond acceptors (Lipinski definition) is 4. The summed E-state index contributed by atoms with van der Waals surface area (Å²) < 4.78 is 1.70. The molecule has 1 aromatic heterocycles. The van der Waals surface area contributed by atoms with E-state index in [0.717, 1.165) is 22.4 Å². The van der Waals surface area contributed by atoms with Gasteiger partial charge in [-0.2, -0.15) is 0 Å². The number of nitrogens with one attached hydrogen (secondary N) is 1. The average Bonchev–Trinajstić information content (AvgIpc) is 3.07. The maximum Gasteiger partial charge on any atom is 0.255 e. The fourth-order valence-corrected chi connectivity index (χ4v) is 2.49. The first kappa shape index (κ1) is 15.9. The van der Waals surface area contributed by atoms with Crippen molar-refractivity contribution in [1.82, 2.24) is 20.2 Å². The average molecular weight is 321 g/mol. The van der Waals surface area contributed by atoms with Crippen LogP contribution in [0.15, 0.2) is 42.5 Å². The summed E-state index contributed by atoms with van der Waals surface area (Å²) in [5.74, 6) is 0.500. The molecule has 0 saturated carbocycles. The largest absolute Gasteiger partial charge is 0.322 e. The van der Waals surface area contributed by atoms with Gasteiger partial charge in [0.15, 0.2) is 5.82 Å². The van der Waals surface area contributed by atoms with Crippen LogP contribution in [0.1, 0.15) is 28.4 Å². The molecule has 0 unspecified atom stereocenters. The van der Waals surface area contributed by atoms with E-state index in [1.807, 2.05) is 51.1 Å². The van der Waals surface area contributed by atoms with Crippen molar-refractivity contribution in [3.8, 4) is 11.4 Å². The Hall–Kier alpha value is -3.02. The molecule has 1 heterocycles. The Balaban J connectivity index is 1.88. The molecule has 0 aliphatic carbocycles. The van der Waals surface area contributed by atoms with E-state index in [0.29, 0.717) is 17.9 Å². The number of aromatic nitrogens is 4. The second-order valence-electron chi connectivity index (χ2n) is 5.67. The summed E-state index contributed by atoms with van der Waals surface area (Å²) >= 11 is 0. The van der Waals surface area contributed by atoms with Crippen LogP contribution in [0.25, 0.3) is 11.4 Å². The predicted molar refractivity (Wildman–Crippen MR) is 92.8 cm³/mol. The van der Waals surface area contributed by atoms with E-state index < -0.39 is 0 Å². The van der Waals surface area contributed by atoms with Crippen LogP contribution in [0.5, 0.6) is 0 Å². The van der Waals surface area contributed by atoms with Crippen molar-refractivity contribution in [2.75, 3.05) is 5.32 Å². The van der Waals surface area contributed by atoms with Crippen molar-refractivity contribution in [3.05, 3.63) is 59.2 Å². The van der Waals surface area contributed by atoms with Crippen molar-refractivity contribution in [2.45, 2.75) is 27.3 Å². The summed E-state index contributed by atoms with van der Waals surface area (Å²) in [6.45, 7) is 6.61. The highest BCUT2D eigenvalue weighted by molar-refractivity contribution is 6.05. The van der Waals surface area contributed by atoms with Crippen molar-refractivity contribution < 1.29 is 4.79 Å². The smallest absolute Gasteiger partial charge is 0.255 e. The molecule has 0 atom stereocenters. The quantitative estimate of drug-likeness (QED) is 0.800. The number of anilines is 1. The van der Waals surface area contributed by atoms with Crippen LogP contribution in [0.2, 0.25) is 0 Å². The lowest BCUT2D eigenvalue weighted by Gasteiger charge is -2.10. The van der Waals surface area contributed by atoms with Crippen molar-refractivity contribution in [1.29, 1.82) is 0 Å². The number of nitrogens with zero attached hydrogens (tertiary/aromatic N) is 4. The Morgan fingerprint density at radius 1 is 1.17 bits per heavy atom. The number of tetrazole rings is 1. The van der Waals surface area contributed by atoms with Crippen LogP contribution >= 0.6 is 0 Å². The summed E-state index contributed by atoms with van der Waals surface area (Å²) in [6.07, 6.45) is 0. The summed E-state index contributed by atoms with van der Waals surface area (Å²) in [7, 11) is 0. The highest BCUT2D eigenvalue weighted by Crippen LogP contribution is 2.20. The fourth-order valence-electron chi connectivity index (χ4n) is 2.49. The van der Waals surface area contributed by atoms with E-state index >= 15 is 0 Å². The van der Waals surface area contributed by atoms with E-state index in [2.05, 4.69) is 20.8 Å². The molecule has 0 spiro atoms. The van der Waals surface area contributed by atoms with E-state index in [-0.39, 0.29) is 5.91 Å². The van der Waals surface area contributed by atoms with Gasteiger partial charge >= 0.3 is 0 Å². The molecule has 1 N–H and O–H groups in total. The summed E-state index contributed by atoms with van der Waals surface area (Å²) in [4.78, 5) is 12.6. The Kier molecular flexibility index (Phi) is 4.37. The molecule has 0 aliphatic rings. The zero-order valence-electron chi connectivity index (χ0n) is 13.9. The molecular weight excluding hydrogens is 302 g/mol. The molecule has 24 heavy (non-hydrogen) atoms. The minimum Gasteiger partial charge on any atom is -0.322 e. The van der Waals surface area contributed by atoms with Crippen molar-refractivity contribution in [2.24, 2.45) is 0 Å². The van der Waals surface area contributed by atoms with Gasteiger partial charge in [-0.25, -0.2) is 4.68 Å². The summed E-state index contributed by atoms with van der Waals surface area (Å²) in [6, 6.07) is 13.3. The zero-order chi connectivity index (χ0) is 17.1. The molecule has 0 bridgehead atoms. The molecule has 3 aromatic rings. The van der Waals surface area contributed by atoms with Gasteiger partial charge in [0.05, 0.1) is 0 Å². The molecule has 0 radical (unpaired) electrons. The standard InChI is InChI=1S/C18H19N5O/c1-4-23-17(20-21-22-23)14-6-5-7-15(11-14)18(24)19-16-10-12(2)8-9-13(16)3/h5-11H,4H2,1-3H3,(H,19,24). The summed E-state index contributed by atoms with van der Waals surface area (Å²) in [5, 5.41) is 14.6. The molecular formula is C18H19N5O. The summed E-state index contributed by atoms with van der Waals surface area (Å²) in [5.41, 5.74) is 4.34. The lowest BCUT2D eigenvalue weighted by molar-refractivity contribution is 0.102. The van der Waals surface area contributed by atoms with Gasteiger partial charge in [0, 0.05) is 23.4 Å². The second-order valence-corrected chi connectivity index (χ2v) is 5.67. The third-order valence-corrected chi connectivity index (χ3v) is 3.86. The molecule has 122 valence electrons. The lowest BCUT2D eigenvalue weighted by Crippen LogP contribution is -2.13. The van der Waals surface area contributed by atoms with E-state index in [9.17, 15) is 4.79 Å². The van der Waals surface area contributed by atoms with Gasteiger partial charge in [0.25, 0.3) is 5.91 Å². The number of amides is 1. The van der Waals surface area contributed by atoms with Crippen LogP contribution in [0, 0.1) is 13.8 Å². The lowest BCUT2D eigenvalue weighted by atomic mass is 10.1. The molecule has 0 saturated heterocycles. The monoisotopic (exact) mass is 321 g/mol. The van der Waals surface area contributed by atoms with E-state index in [1.54, 1.807) is 16.8 Å². The molecule has 2 aromatic carbocycles. The van der Waals surface area contributed by atoms with Gasteiger partial charge in [-0.1, -0.05) is 24.3 Å². The van der Waals surface area contributed by atoms with Gasteiger partial charge in [0.2, 0.25) is 0 Å². The first-order valence-corrected chi connectivity index (χ1v) is 7.83.